The summed E-state index contributed by atoms with van der Waals surface area (Å²) in [6.07, 6.45) is 0.823. The van der Waals surface area contributed by atoms with Gasteiger partial charge in [0, 0.05) is 4.47 Å². The Morgan fingerprint density at radius 2 is 1.86 bits per heavy atom. The van der Waals surface area contributed by atoms with Gasteiger partial charge in [-0.2, -0.15) is 0 Å². The van der Waals surface area contributed by atoms with E-state index in [0.717, 1.165) is 16.5 Å². The largest absolute Gasteiger partial charge is 0.493 e. The van der Waals surface area contributed by atoms with Crippen molar-refractivity contribution in [3.8, 4) is 11.5 Å². The lowest BCUT2D eigenvalue weighted by atomic mass is 10.2. The van der Waals surface area contributed by atoms with Gasteiger partial charge in [0.15, 0.2) is 11.7 Å². The number of aryl methyl sites for hydroxylation is 1. The van der Waals surface area contributed by atoms with Crippen LogP contribution in [0, 0.1) is 6.92 Å². The topological polar surface area (TPSA) is 88.7 Å². The van der Waals surface area contributed by atoms with Gasteiger partial charge in [-0.25, -0.2) is 0 Å². The Balaban J connectivity index is 1.79. The summed E-state index contributed by atoms with van der Waals surface area (Å²) in [5, 5.41) is 2.45. The van der Waals surface area contributed by atoms with Crippen LogP contribution in [-0.2, 0) is 4.79 Å². The molecule has 0 saturated carbocycles. The molecule has 2 rings (SSSR count). The number of thiocarbonyl (C=S) groups is 1. The summed E-state index contributed by atoms with van der Waals surface area (Å²) in [5.74, 6) is 0.149. The van der Waals surface area contributed by atoms with Crippen molar-refractivity contribution in [2.75, 3.05) is 13.2 Å². The summed E-state index contributed by atoms with van der Waals surface area (Å²) in [6.45, 7) is 4.19. The highest BCUT2D eigenvalue weighted by atomic mass is 79.9. The van der Waals surface area contributed by atoms with Crippen molar-refractivity contribution < 1.29 is 19.1 Å². The van der Waals surface area contributed by atoms with Crippen LogP contribution in [0.2, 0.25) is 0 Å². The van der Waals surface area contributed by atoms with E-state index in [0.29, 0.717) is 23.7 Å². The summed E-state index contributed by atoms with van der Waals surface area (Å²) < 4.78 is 11.9. The molecule has 0 bridgehead atoms. The second-order valence-corrected chi connectivity index (χ2v) is 7.26. The molecule has 3 N–H and O–H groups in total. The average Bonchev–Trinajstić information content (AvgIpc) is 2.71. The summed E-state index contributed by atoms with van der Waals surface area (Å²) in [6, 6.07) is 12.3. The van der Waals surface area contributed by atoms with Gasteiger partial charge >= 0.3 is 0 Å². The van der Waals surface area contributed by atoms with Gasteiger partial charge in [0.2, 0.25) is 0 Å². The Hall–Kier alpha value is -2.65. The maximum Gasteiger partial charge on any atom is 0.276 e. The molecule has 7 nitrogen and oxygen atoms in total. The van der Waals surface area contributed by atoms with Crippen LogP contribution in [0.3, 0.4) is 0 Å². The predicted octanol–water partition coefficient (Wildman–Crippen LogP) is 3.26. The van der Waals surface area contributed by atoms with Gasteiger partial charge in [-0.05, 0) is 61.5 Å². The van der Waals surface area contributed by atoms with Crippen molar-refractivity contribution in [2.24, 2.45) is 0 Å². The van der Waals surface area contributed by atoms with Crippen molar-refractivity contribution in [3.05, 3.63) is 58.1 Å². The van der Waals surface area contributed by atoms with Crippen LogP contribution in [0.5, 0.6) is 11.5 Å². The van der Waals surface area contributed by atoms with Gasteiger partial charge in [-0.1, -0.05) is 35.0 Å². The van der Waals surface area contributed by atoms with E-state index in [-0.39, 0.29) is 11.7 Å². The number of hydrogen-bond acceptors (Lipinski definition) is 5. The zero-order valence-electron chi connectivity index (χ0n) is 16.1. The fraction of sp³-hybridized carbons (Fsp3) is 0.250. The van der Waals surface area contributed by atoms with Gasteiger partial charge in [-0.3, -0.25) is 25.8 Å². The SMILES string of the molecule is CCCOc1ccccc1C(=O)NC(=S)NNC(=O)COc1ccc(Br)c(C)c1. The first-order chi connectivity index (χ1) is 13.9. The smallest absolute Gasteiger partial charge is 0.276 e. The Morgan fingerprint density at radius 3 is 2.59 bits per heavy atom. The van der Waals surface area contributed by atoms with Crippen molar-refractivity contribution >= 4 is 45.1 Å². The van der Waals surface area contributed by atoms with Crippen LogP contribution >= 0.6 is 28.1 Å². The molecule has 0 aromatic heterocycles. The monoisotopic (exact) mass is 479 g/mol. The van der Waals surface area contributed by atoms with Crippen LogP contribution in [0.1, 0.15) is 29.3 Å². The molecule has 0 aliphatic rings. The van der Waals surface area contributed by atoms with E-state index < -0.39 is 11.8 Å². The summed E-state index contributed by atoms with van der Waals surface area (Å²) in [7, 11) is 0. The van der Waals surface area contributed by atoms with Crippen molar-refractivity contribution in [1.82, 2.24) is 16.2 Å². The first-order valence-electron chi connectivity index (χ1n) is 8.91. The number of hydrazine groups is 1. The molecule has 0 spiro atoms. The Bertz CT molecular complexity index is 892. The van der Waals surface area contributed by atoms with E-state index in [4.69, 9.17) is 21.7 Å². The molecule has 9 heteroatoms. The van der Waals surface area contributed by atoms with Gasteiger partial charge in [0.05, 0.1) is 12.2 Å². The third-order valence-corrected chi connectivity index (χ3v) is 4.73. The number of halogens is 1. The maximum absolute atomic E-state index is 12.4. The number of hydrogen-bond donors (Lipinski definition) is 3. The molecule has 2 amide bonds. The minimum atomic E-state index is -0.450. The molecule has 0 saturated heterocycles. The van der Waals surface area contributed by atoms with E-state index >= 15 is 0 Å². The second kappa shape index (κ2) is 11.4. The Labute approximate surface area is 183 Å². The lowest BCUT2D eigenvalue weighted by Gasteiger charge is -2.13. The quantitative estimate of drug-likeness (QED) is 0.417. The van der Waals surface area contributed by atoms with Gasteiger partial charge in [0.25, 0.3) is 11.8 Å². The minimum absolute atomic E-state index is 0.0480. The first-order valence-corrected chi connectivity index (χ1v) is 10.1. The van der Waals surface area contributed by atoms with Crippen LogP contribution in [0.4, 0.5) is 0 Å². The average molecular weight is 480 g/mol. The minimum Gasteiger partial charge on any atom is -0.493 e. The molecule has 0 atom stereocenters. The number of carbonyl (C=O) groups excluding carboxylic acids is 2. The highest BCUT2D eigenvalue weighted by Gasteiger charge is 2.14. The number of carbonyl (C=O) groups is 2. The fourth-order valence-corrected chi connectivity index (χ4v) is 2.60. The van der Waals surface area contributed by atoms with E-state index in [2.05, 4.69) is 32.1 Å². The van der Waals surface area contributed by atoms with E-state index in [1.807, 2.05) is 26.0 Å². The van der Waals surface area contributed by atoms with Gasteiger partial charge < -0.3 is 9.47 Å². The number of rotatable bonds is 7. The van der Waals surface area contributed by atoms with Crippen LogP contribution in [0.15, 0.2) is 46.9 Å². The number of para-hydroxylation sites is 1. The molecule has 0 unspecified atom stereocenters. The highest BCUT2D eigenvalue weighted by Crippen LogP contribution is 2.21. The van der Waals surface area contributed by atoms with Gasteiger partial charge in [0.1, 0.15) is 11.5 Å². The molecule has 2 aromatic rings. The van der Waals surface area contributed by atoms with Gasteiger partial charge in [-0.15, -0.1) is 0 Å². The molecular formula is C20H22BrN3O4S. The lowest BCUT2D eigenvalue weighted by molar-refractivity contribution is -0.123. The number of nitrogens with one attached hydrogen (secondary N) is 3. The third-order valence-electron chi connectivity index (χ3n) is 3.64. The van der Waals surface area contributed by atoms with Crippen LogP contribution in [0.25, 0.3) is 0 Å². The number of amides is 2. The first kappa shape index (κ1) is 22.6. The molecule has 2 aromatic carbocycles. The van der Waals surface area contributed by atoms with Crippen LogP contribution < -0.4 is 25.6 Å². The molecule has 0 aliphatic heterocycles. The zero-order valence-corrected chi connectivity index (χ0v) is 18.5. The maximum atomic E-state index is 12.4. The third kappa shape index (κ3) is 7.35. The van der Waals surface area contributed by atoms with E-state index in [9.17, 15) is 9.59 Å². The molecule has 29 heavy (non-hydrogen) atoms. The predicted molar refractivity (Wildman–Crippen MR) is 118 cm³/mol. The summed E-state index contributed by atoms with van der Waals surface area (Å²) in [5.41, 5.74) is 6.19. The summed E-state index contributed by atoms with van der Waals surface area (Å²) >= 11 is 8.45. The number of ether oxygens (including phenoxy) is 2. The van der Waals surface area contributed by atoms with E-state index in [1.54, 1.807) is 30.3 Å². The molecule has 0 heterocycles. The standard InChI is InChI=1S/C20H22BrN3O4S/c1-3-10-27-17-7-5-4-6-15(17)19(26)22-20(29)24-23-18(25)12-28-14-8-9-16(21)13(2)11-14/h4-9,11H,3,10,12H2,1-2H3,(H,23,25)(H2,22,24,26,29). The zero-order chi connectivity index (χ0) is 21.2. The lowest BCUT2D eigenvalue weighted by Crippen LogP contribution is -2.49. The molecular weight excluding hydrogens is 458 g/mol. The number of benzene rings is 2. The molecule has 0 aliphatic carbocycles. The Morgan fingerprint density at radius 1 is 1.10 bits per heavy atom. The summed E-state index contributed by atoms with van der Waals surface area (Å²) in [4.78, 5) is 24.3. The fourth-order valence-electron chi connectivity index (χ4n) is 2.21. The van der Waals surface area contributed by atoms with Crippen molar-refractivity contribution in [2.45, 2.75) is 20.3 Å². The van der Waals surface area contributed by atoms with Crippen LogP contribution in [-0.4, -0.2) is 30.1 Å². The molecule has 154 valence electrons. The van der Waals surface area contributed by atoms with Crippen molar-refractivity contribution in [3.63, 3.8) is 0 Å². The highest BCUT2D eigenvalue weighted by molar-refractivity contribution is 9.10. The van der Waals surface area contributed by atoms with E-state index in [1.165, 1.54) is 0 Å². The normalized spacial score (nSPS) is 10.0. The molecule has 0 radical (unpaired) electrons. The Kier molecular flexibility index (Phi) is 8.88. The second-order valence-electron chi connectivity index (χ2n) is 6.00. The van der Waals surface area contributed by atoms with Crippen molar-refractivity contribution in [1.29, 1.82) is 0 Å². The molecule has 0 fully saturated rings.